The lowest BCUT2D eigenvalue weighted by Crippen LogP contribution is -2.16. The third-order valence-electron chi connectivity index (χ3n) is 2.57. The highest BCUT2D eigenvalue weighted by Crippen LogP contribution is 2.18. The zero-order valence-electron chi connectivity index (χ0n) is 10.1. The van der Waals surface area contributed by atoms with Crippen LogP contribution in [0.3, 0.4) is 0 Å². The molecule has 0 saturated heterocycles. The number of carbonyl (C=O) groups excluding carboxylic acids is 1. The van der Waals surface area contributed by atoms with Crippen LogP contribution in [0.2, 0.25) is 5.02 Å². The molecule has 2 aromatic rings. The van der Waals surface area contributed by atoms with Gasteiger partial charge in [-0.1, -0.05) is 11.6 Å². The second-order valence-electron chi connectivity index (χ2n) is 3.80. The van der Waals surface area contributed by atoms with Gasteiger partial charge in [-0.05, 0) is 19.9 Å². The summed E-state index contributed by atoms with van der Waals surface area (Å²) < 4.78 is 1.72. The van der Waals surface area contributed by atoms with E-state index in [4.69, 9.17) is 11.6 Å². The van der Waals surface area contributed by atoms with Crippen molar-refractivity contribution in [3.63, 3.8) is 0 Å². The Morgan fingerprint density at radius 3 is 2.94 bits per heavy atom. The highest BCUT2D eigenvalue weighted by Gasteiger charge is 2.14. The van der Waals surface area contributed by atoms with Crippen molar-refractivity contribution in [2.45, 2.75) is 20.4 Å². The fourth-order valence-electron chi connectivity index (χ4n) is 1.62. The van der Waals surface area contributed by atoms with E-state index in [1.807, 2.05) is 13.8 Å². The van der Waals surface area contributed by atoms with Gasteiger partial charge in [-0.25, -0.2) is 4.68 Å². The van der Waals surface area contributed by atoms with Gasteiger partial charge in [-0.3, -0.25) is 9.78 Å². The molecule has 0 aliphatic carbocycles. The van der Waals surface area contributed by atoms with Crippen LogP contribution in [-0.2, 0) is 6.54 Å². The molecule has 0 aliphatic heterocycles. The minimum atomic E-state index is -0.263. The molecular formula is C12H13ClN4O. The highest BCUT2D eigenvalue weighted by atomic mass is 35.5. The number of anilines is 1. The van der Waals surface area contributed by atoms with Crippen LogP contribution in [0.25, 0.3) is 0 Å². The topological polar surface area (TPSA) is 59.8 Å². The van der Waals surface area contributed by atoms with Gasteiger partial charge >= 0.3 is 0 Å². The molecule has 0 saturated carbocycles. The van der Waals surface area contributed by atoms with Crippen LogP contribution in [0, 0.1) is 6.92 Å². The van der Waals surface area contributed by atoms with E-state index in [0.717, 1.165) is 5.56 Å². The molecule has 2 rings (SSSR count). The third-order valence-corrected chi connectivity index (χ3v) is 2.87. The zero-order valence-corrected chi connectivity index (χ0v) is 10.9. The summed E-state index contributed by atoms with van der Waals surface area (Å²) in [6.45, 7) is 4.54. The summed E-state index contributed by atoms with van der Waals surface area (Å²) >= 11 is 5.93. The van der Waals surface area contributed by atoms with E-state index in [1.165, 1.54) is 12.4 Å². The van der Waals surface area contributed by atoms with Crippen LogP contribution in [0.5, 0.6) is 0 Å². The molecule has 2 aromatic heterocycles. The Bertz CT molecular complexity index is 579. The standard InChI is InChI=1S/C12H13ClN4O/c1-3-17-11(8(2)6-15-17)16-12(18)9-4-5-14-7-10(9)13/h4-7H,3H2,1-2H3,(H,16,18). The summed E-state index contributed by atoms with van der Waals surface area (Å²) in [4.78, 5) is 15.9. The maximum atomic E-state index is 12.1. The zero-order chi connectivity index (χ0) is 13.1. The molecule has 6 heteroatoms. The van der Waals surface area contributed by atoms with Gasteiger partial charge in [0.05, 0.1) is 16.8 Å². The van der Waals surface area contributed by atoms with E-state index < -0.39 is 0 Å². The van der Waals surface area contributed by atoms with Crippen molar-refractivity contribution in [3.05, 3.63) is 40.8 Å². The summed E-state index contributed by atoms with van der Waals surface area (Å²) in [5.41, 5.74) is 1.31. The molecule has 0 spiro atoms. The van der Waals surface area contributed by atoms with Crippen molar-refractivity contribution in [2.75, 3.05) is 5.32 Å². The molecule has 2 heterocycles. The minimum absolute atomic E-state index is 0.263. The van der Waals surface area contributed by atoms with Gasteiger partial charge in [0.25, 0.3) is 5.91 Å². The van der Waals surface area contributed by atoms with Crippen molar-refractivity contribution < 1.29 is 4.79 Å². The van der Waals surface area contributed by atoms with Crippen molar-refractivity contribution in [1.29, 1.82) is 0 Å². The molecule has 0 aromatic carbocycles. The van der Waals surface area contributed by atoms with Gasteiger partial charge in [0, 0.05) is 24.5 Å². The fraction of sp³-hybridized carbons (Fsp3) is 0.250. The minimum Gasteiger partial charge on any atom is -0.307 e. The van der Waals surface area contributed by atoms with Crippen LogP contribution in [0.15, 0.2) is 24.7 Å². The molecule has 0 aliphatic rings. The number of pyridine rings is 1. The maximum Gasteiger partial charge on any atom is 0.258 e. The number of hydrogen-bond donors (Lipinski definition) is 1. The first-order chi connectivity index (χ1) is 8.63. The van der Waals surface area contributed by atoms with Gasteiger partial charge in [-0.2, -0.15) is 5.10 Å². The Labute approximate surface area is 110 Å². The average molecular weight is 265 g/mol. The summed E-state index contributed by atoms with van der Waals surface area (Å²) in [5, 5.41) is 7.31. The van der Waals surface area contributed by atoms with Gasteiger partial charge < -0.3 is 5.32 Å². The lowest BCUT2D eigenvalue weighted by Gasteiger charge is -2.09. The van der Waals surface area contributed by atoms with E-state index in [1.54, 1.807) is 16.9 Å². The number of hydrogen-bond acceptors (Lipinski definition) is 3. The fourth-order valence-corrected chi connectivity index (χ4v) is 1.82. The van der Waals surface area contributed by atoms with Crippen molar-refractivity contribution in [1.82, 2.24) is 14.8 Å². The number of amides is 1. The number of aromatic nitrogens is 3. The smallest absolute Gasteiger partial charge is 0.258 e. The normalized spacial score (nSPS) is 10.4. The van der Waals surface area contributed by atoms with Gasteiger partial charge in [0.2, 0.25) is 0 Å². The average Bonchev–Trinajstić information content (AvgIpc) is 2.71. The van der Waals surface area contributed by atoms with Gasteiger partial charge in [-0.15, -0.1) is 0 Å². The van der Waals surface area contributed by atoms with Crippen LogP contribution < -0.4 is 5.32 Å². The van der Waals surface area contributed by atoms with Crippen LogP contribution in [0.4, 0.5) is 5.82 Å². The molecule has 0 fully saturated rings. The first kappa shape index (κ1) is 12.6. The molecule has 18 heavy (non-hydrogen) atoms. The quantitative estimate of drug-likeness (QED) is 0.927. The molecule has 0 unspecified atom stereocenters. The number of aryl methyl sites for hydroxylation is 2. The molecule has 1 N–H and O–H groups in total. The first-order valence-electron chi connectivity index (χ1n) is 5.56. The Morgan fingerprint density at radius 2 is 2.28 bits per heavy atom. The van der Waals surface area contributed by atoms with Crippen LogP contribution in [0.1, 0.15) is 22.8 Å². The van der Waals surface area contributed by atoms with E-state index >= 15 is 0 Å². The number of rotatable bonds is 3. The predicted octanol–water partition coefficient (Wildman–Crippen LogP) is 2.51. The molecule has 0 radical (unpaired) electrons. The molecule has 5 nitrogen and oxygen atoms in total. The Balaban J connectivity index is 2.27. The van der Waals surface area contributed by atoms with Crippen molar-refractivity contribution in [2.24, 2.45) is 0 Å². The molecule has 0 atom stereocenters. The van der Waals surface area contributed by atoms with E-state index in [2.05, 4.69) is 15.4 Å². The van der Waals surface area contributed by atoms with Crippen molar-refractivity contribution >= 4 is 23.3 Å². The van der Waals surface area contributed by atoms with Crippen molar-refractivity contribution in [3.8, 4) is 0 Å². The van der Waals surface area contributed by atoms with E-state index in [-0.39, 0.29) is 5.91 Å². The summed E-state index contributed by atoms with van der Waals surface area (Å²) in [6.07, 6.45) is 4.69. The molecule has 94 valence electrons. The van der Waals surface area contributed by atoms with Crippen LogP contribution in [-0.4, -0.2) is 20.7 Å². The number of halogens is 1. The molecule has 0 bridgehead atoms. The SMILES string of the molecule is CCn1ncc(C)c1NC(=O)c1ccncc1Cl. The Morgan fingerprint density at radius 1 is 1.50 bits per heavy atom. The first-order valence-corrected chi connectivity index (χ1v) is 5.94. The summed E-state index contributed by atoms with van der Waals surface area (Å²) in [5.74, 6) is 0.427. The highest BCUT2D eigenvalue weighted by molar-refractivity contribution is 6.34. The second-order valence-corrected chi connectivity index (χ2v) is 4.21. The molecule has 1 amide bonds. The monoisotopic (exact) mass is 264 g/mol. The predicted molar refractivity (Wildman–Crippen MR) is 69.8 cm³/mol. The van der Waals surface area contributed by atoms with Gasteiger partial charge in [0.1, 0.15) is 5.82 Å². The largest absolute Gasteiger partial charge is 0.307 e. The maximum absolute atomic E-state index is 12.1. The lowest BCUT2D eigenvalue weighted by molar-refractivity contribution is 0.102. The van der Waals surface area contributed by atoms with E-state index in [9.17, 15) is 4.79 Å². The number of carbonyl (C=O) groups is 1. The van der Waals surface area contributed by atoms with Gasteiger partial charge in [0.15, 0.2) is 0 Å². The molecular weight excluding hydrogens is 252 g/mol. The lowest BCUT2D eigenvalue weighted by atomic mass is 10.2. The summed E-state index contributed by atoms with van der Waals surface area (Å²) in [6, 6.07) is 1.58. The van der Waals surface area contributed by atoms with Crippen LogP contribution >= 0.6 is 11.6 Å². The number of nitrogens with one attached hydrogen (secondary N) is 1. The van der Waals surface area contributed by atoms with E-state index in [0.29, 0.717) is 22.9 Å². The Hall–Kier alpha value is -1.88. The number of nitrogens with zero attached hydrogens (tertiary/aromatic N) is 3. The third kappa shape index (κ3) is 2.36. The Kier molecular flexibility index (Phi) is 3.62. The second kappa shape index (κ2) is 5.18. The summed E-state index contributed by atoms with van der Waals surface area (Å²) in [7, 11) is 0.